The van der Waals surface area contributed by atoms with Gasteiger partial charge in [-0.3, -0.25) is 0 Å². The third kappa shape index (κ3) is 6.45. The molecule has 1 saturated carbocycles. The van der Waals surface area contributed by atoms with Crippen molar-refractivity contribution in [2.45, 2.75) is 116 Å². The number of unbranched alkanes of at least 4 members (excludes halogenated alkanes) is 2. The van der Waals surface area contributed by atoms with E-state index in [4.69, 9.17) is 14.4 Å². The molecule has 34 heavy (non-hydrogen) atoms. The predicted octanol–water partition coefficient (Wildman–Crippen LogP) is 7.05. The fourth-order valence-electron chi connectivity index (χ4n) is 5.91. The van der Waals surface area contributed by atoms with Crippen LogP contribution in [0.3, 0.4) is 0 Å². The maximum atomic E-state index is 11.1. The lowest BCUT2D eigenvalue weighted by Crippen LogP contribution is -2.44. The molecule has 1 aromatic carbocycles. The molecule has 0 aromatic heterocycles. The van der Waals surface area contributed by atoms with Gasteiger partial charge in [0.1, 0.15) is 11.8 Å². The molecule has 3 rings (SSSR count). The minimum atomic E-state index is -1.82. The molecule has 0 unspecified atom stereocenters. The Kier molecular flexibility index (Phi) is 9.28. The fourth-order valence-corrected chi connectivity index (χ4v) is 7.33. The lowest BCUT2D eigenvalue weighted by atomic mass is 9.73. The van der Waals surface area contributed by atoms with Gasteiger partial charge in [-0.05, 0) is 91.6 Å². The molecule has 2 aliphatic carbocycles. The Morgan fingerprint density at radius 1 is 1.18 bits per heavy atom. The van der Waals surface area contributed by atoms with Crippen LogP contribution in [-0.4, -0.2) is 32.2 Å². The highest BCUT2D eigenvalue weighted by atomic mass is 28.4. The van der Waals surface area contributed by atoms with Crippen LogP contribution < -0.4 is 4.74 Å². The van der Waals surface area contributed by atoms with Crippen LogP contribution in [0.15, 0.2) is 18.2 Å². The summed E-state index contributed by atoms with van der Waals surface area (Å²) in [5.74, 6) is 2.23. The molecule has 5 heteroatoms. The van der Waals surface area contributed by atoms with Crippen molar-refractivity contribution >= 4 is 8.32 Å². The summed E-state index contributed by atoms with van der Waals surface area (Å²) in [6.45, 7) is 14.0. The number of nitrogens with zero attached hydrogens (tertiary/aromatic N) is 1. The Morgan fingerprint density at radius 2 is 1.94 bits per heavy atom. The second kappa shape index (κ2) is 11.6. The summed E-state index contributed by atoms with van der Waals surface area (Å²) in [6.07, 6.45) is 9.90. The average molecular weight is 486 g/mol. The van der Waals surface area contributed by atoms with Gasteiger partial charge in [0.05, 0.1) is 6.10 Å². The van der Waals surface area contributed by atoms with Gasteiger partial charge < -0.3 is 14.3 Å². The topological polar surface area (TPSA) is 62.5 Å². The van der Waals surface area contributed by atoms with Gasteiger partial charge >= 0.3 is 0 Å². The quantitative estimate of drug-likeness (QED) is 0.269. The largest absolute Gasteiger partial charge is 0.478 e. The molecule has 0 bridgehead atoms. The first-order valence-electron chi connectivity index (χ1n) is 13.5. The normalized spacial score (nSPS) is 25.4. The molecule has 2 aliphatic rings. The second-order valence-corrected chi connectivity index (χ2v) is 17.0. The highest BCUT2D eigenvalue weighted by Gasteiger charge is 2.45. The van der Waals surface area contributed by atoms with Crippen LogP contribution in [0.25, 0.3) is 0 Å². The monoisotopic (exact) mass is 485 g/mol. The molecule has 5 atom stereocenters. The van der Waals surface area contributed by atoms with Gasteiger partial charge in [0, 0.05) is 6.10 Å². The third-order valence-corrected chi connectivity index (χ3v) is 13.4. The summed E-state index contributed by atoms with van der Waals surface area (Å²) in [5.41, 5.74) is 2.60. The van der Waals surface area contributed by atoms with Gasteiger partial charge in [-0.25, -0.2) is 0 Å². The molecule has 4 nitrogen and oxygen atoms in total. The van der Waals surface area contributed by atoms with Crippen LogP contribution in [0, 0.1) is 29.1 Å². The van der Waals surface area contributed by atoms with Gasteiger partial charge in [0.15, 0.2) is 14.9 Å². The molecular weight excluding hydrogens is 438 g/mol. The van der Waals surface area contributed by atoms with Crippen LogP contribution in [0.2, 0.25) is 18.1 Å². The van der Waals surface area contributed by atoms with Crippen LogP contribution >= 0.6 is 0 Å². The van der Waals surface area contributed by atoms with Gasteiger partial charge in [-0.1, -0.05) is 59.1 Å². The van der Waals surface area contributed by atoms with E-state index in [9.17, 15) is 5.11 Å². The van der Waals surface area contributed by atoms with E-state index >= 15 is 0 Å². The molecular formula is C29H47NO3Si. The summed E-state index contributed by atoms with van der Waals surface area (Å²) in [4.78, 5) is 0. The number of ether oxygens (including phenoxy) is 1. The van der Waals surface area contributed by atoms with Crippen molar-refractivity contribution in [2.75, 3.05) is 6.61 Å². The highest BCUT2D eigenvalue weighted by molar-refractivity contribution is 6.74. The highest BCUT2D eigenvalue weighted by Crippen LogP contribution is 2.49. The zero-order chi connectivity index (χ0) is 24.9. The minimum Gasteiger partial charge on any atom is -0.478 e. The predicted molar refractivity (Wildman–Crippen MR) is 141 cm³/mol. The number of hydrogen-bond acceptors (Lipinski definition) is 4. The Morgan fingerprint density at radius 3 is 2.62 bits per heavy atom. The smallest absolute Gasteiger partial charge is 0.192 e. The van der Waals surface area contributed by atoms with Gasteiger partial charge in [0.25, 0.3) is 0 Å². The van der Waals surface area contributed by atoms with E-state index < -0.39 is 8.32 Å². The lowest BCUT2D eigenvalue weighted by Gasteiger charge is -2.40. The molecule has 1 fully saturated rings. The van der Waals surface area contributed by atoms with E-state index in [1.54, 1.807) is 0 Å². The number of rotatable bonds is 11. The first-order valence-corrected chi connectivity index (χ1v) is 16.4. The van der Waals surface area contributed by atoms with Crippen LogP contribution in [0.1, 0.15) is 83.8 Å². The Balaban J connectivity index is 1.69. The van der Waals surface area contributed by atoms with Crippen molar-refractivity contribution in [3.8, 4) is 11.8 Å². The molecule has 0 aliphatic heterocycles. The van der Waals surface area contributed by atoms with E-state index in [2.05, 4.69) is 52.9 Å². The van der Waals surface area contributed by atoms with Crippen molar-refractivity contribution < 1.29 is 14.3 Å². The molecule has 0 saturated heterocycles. The number of benzene rings is 1. The molecule has 0 amide bonds. The van der Waals surface area contributed by atoms with Crippen molar-refractivity contribution in [3.05, 3.63) is 29.3 Å². The van der Waals surface area contributed by atoms with Gasteiger partial charge in [-0.2, -0.15) is 5.26 Å². The Hall–Kier alpha value is -1.35. The van der Waals surface area contributed by atoms with E-state index in [0.29, 0.717) is 23.9 Å². The average Bonchev–Trinajstić information content (AvgIpc) is 3.07. The standard InChI is InChI=1S/C29H47NO3Si/c1-7-8-9-12-23(33-34(5,6)29(2,3)4)14-15-24-25-18-21-11-10-13-28(32-17-16-30)26(21)19-22(25)20-27(24)31/h10-11,13,22-25,27,31H,7-9,12,14-15,17-20H2,1-6H3/t22-,23+,24-,25-,27+/m1/s1. The first-order chi connectivity index (χ1) is 16.1. The number of aliphatic hydroxyl groups is 1. The molecule has 0 radical (unpaired) electrons. The third-order valence-electron chi connectivity index (χ3n) is 8.86. The van der Waals surface area contributed by atoms with Crippen LogP contribution in [0.4, 0.5) is 0 Å². The molecule has 190 valence electrons. The molecule has 0 heterocycles. The molecule has 0 spiro atoms. The fraction of sp³-hybridized carbons (Fsp3) is 0.759. The lowest BCUT2D eigenvalue weighted by molar-refractivity contribution is 0.0897. The maximum absolute atomic E-state index is 11.1. The number of hydrogen-bond donors (Lipinski definition) is 1. The minimum absolute atomic E-state index is 0.0868. The number of fused-ring (bicyclic) bond motifs is 2. The number of aliphatic hydroxyl groups excluding tert-OH is 1. The van der Waals surface area contributed by atoms with Gasteiger partial charge in [0.2, 0.25) is 0 Å². The summed E-state index contributed by atoms with van der Waals surface area (Å²) in [6, 6.07) is 8.32. The van der Waals surface area contributed by atoms with Crippen LogP contribution in [0.5, 0.6) is 5.75 Å². The number of nitriles is 1. The first kappa shape index (κ1) is 27.2. The zero-order valence-electron chi connectivity index (χ0n) is 22.4. The summed E-state index contributed by atoms with van der Waals surface area (Å²) < 4.78 is 12.6. The maximum Gasteiger partial charge on any atom is 0.192 e. The van der Waals surface area contributed by atoms with Crippen molar-refractivity contribution in [1.82, 2.24) is 0 Å². The van der Waals surface area contributed by atoms with Crippen LogP contribution in [-0.2, 0) is 17.3 Å². The SMILES string of the molecule is CCCCC[C@@H](CC[C@@H]1[C@@H]2Cc3cccc(OCC#N)c3C[C@@H]2C[C@@H]1O)O[Si](C)(C)C(C)(C)C. The molecule has 1 N–H and O–H groups in total. The Bertz CT molecular complexity index is 841. The molecule has 1 aromatic rings. The zero-order valence-corrected chi connectivity index (χ0v) is 23.4. The van der Waals surface area contributed by atoms with Gasteiger partial charge in [-0.15, -0.1) is 0 Å². The van der Waals surface area contributed by atoms with E-state index in [1.165, 1.54) is 30.4 Å². The summed E-state index contributed by atoms with van der Waals surface area (Å²) >= 11 is 0. The summed E-state index contributed by atoms with van der Waals surface area (Å²) in [7, 11) is -1.82. The van der Waals surface area contributed by atoms with E-state index in [-0.39, 0.29) is 17.7 Å². The van der Waals surface area contributed by atoms with E-state index in [0.717, 1.165) is 44.3 Å². The van der Waals surface area contributed by atoms with Crippen molar-refractivity contribution in [2.24, 2.45) is 17.8 Å². The van der Waals surface area contributed by atoms with Crippen molar-refractivity contribution in [3.63, 3.8) is 0 Å². The Labute approximate surface area is 209 Å². The second-order valence-electron chi connectivity index (χ2n) is 12.2. The summed E-state index contributed by atoms with van der Waals surface area (Å²) in [5, 5.41) is 20.2. The van der Waals surface area contributed by atoms with Crippen molar-refractivity contribution in [1.29, 1.82) is 5.26 Å². The van der Waals surface area contributed by atoms with E-state index in [1.807, 2.05) is 12.1 Å².